The molecule has 129 heavy (non-hydrogen) atoms. The maximum Gasteiger partial charge on any atom is 0.351 e. The smallest absolute Gasteiger partial charge is 0.351 e. The molecule has 0 amide bonds. The highest BCUT2D eigenvalue weighted by Gasteiger charge is 2.25. The molecule has 18 nitrogen and oxygen atoms in total. The van der Waals surface area contributed by atoms with Gasteiger partial charge in [-0.25, -0.2) is 19.8 Å². The summed E-state index contributed by atoms with van der Waals surface area (Å²) in [7, 11) is 0. The first-order valence-corrected chi connectivity index (χ1v) is 42.8. The lowest BCUT2D eigenvalue weighted by Crippen LogP contribution is -2.16. The van der Waals surface area contributed by atoms with Gasteiger partial charge in [-0.05, 0) is 249 Å². The van der Waals surface area contributed by atoms with E-state index < -0.39 is 5.69 Å². The Bertz CT molecular complexity index is 8130. The number of hydrogen-bond donors (Lipinski definition) is 7. The molecular formula is C111H91N13O5. The predicted molar refractivity (Wildman–Crippen MR) is 528 cm³/mol. The van der Waals surface area contributed by atoms with E-state index >= 15 is 0 Å². The summed E-state index contributed by atoms with van der Waals surface area (Å²) in [5.41, 5.74) is 29.6. The standard InChI is InChI=1S/C31H22N2O.C30H25N7O2.C27H22N2O.C23H22N2O/c1-20-10-14-23(15-11-20)32-24-16-12-22(13-17-24)31-27-18-19-28(34)25-8-5-9-26(29(25)27)30(33-31)21-6-3-2-4-7-21;1-16-4-9-22(18(3)12-16)34-29-35-28(36-30(39)37-29)32-21-8-5-17(2)24(13-21)33-23-10-6-19-14-31-15-20-7-11-25(38)27(23)26(19)20;1-16-7-10-23(17(2)13-16)29-24-11-8-19(14-18(24)3)27-22-6-4-5-21-25(30)12-9-20(15-28-27)26(21)22;1-12-10-13(2)23(14(3)11-12)25-19-8-6-17-15(4)24-16(5)18-7-9-20(26)22(19)21(17)18/h2-19,32H,1H3;4-15,31H,1-3H3,(H3,32,34,35,36,37,39);4-15,29H,1-3H3;6-11,24H,1-5H3. The molecule has 5 aromatic heterocycles. The van der Waals surface area contributed by atoms with Gasteiger partial charge in [-0.1, -0.05) is 174 Å². The molecule has 18 heteroatoms. The SMILES string of the molecule is Cc1cc(C)c(N=c2ccc3c(C)[nH]c(C)c4ccc(=O)c2c43)c(C)c1.Cc1ccc(Nc2ccc(-c3nc(-c4ccccc4)c4cccc5c4c3C=CC5=O)cc2)cc1.Cc1ccc(Nc2ccc(-c3ncc4c5c(cccc35)C(=O)C=C4)cc2C)c(C)c1.Cc1ccc(Nc2nc(Nc3ccc(C)c(N=c4ccc5c[nH]cc6ccc(=O)c4c65)c3)[nH]c(=O)n2)c(C)c1. The van der Waals surface area contributed by atoms with Crippen LogP contribution in [0.2, 0.25) is 0 Å². The molecule has 630 valence electrons. The van der Waals surface area contributed by atoms with E-state index in [4.69, 9.17) is 20.0 Å². The molecule has 0 radical (unpaired) electrons. The minimum Gasteiger partial charge on any atom is -0.366 e. The fraction of sp³-hybridized carbons (Fsp3) is 0.108. The van der Waals surface area contributed by atoms with Crippen molar-refractivity contribution in [2.45, 2.75) is 83.1 Å². The first kappa shape index (κ1) is 83.4. The molecule has 0 fully saturated rings. The number of carbonyl (C=O) groups excluding carboxylic acids is 2. The van der Waals surface area contributed by atoms with Gasteiger partial charge in [0.1, 0.15) is 0 Å². The summed E-state index contributed by atoms with van der Waals surface area (Å²) < 4.78 is 0. The molecule has 14 aromatic carbocycles. The molecule has 0 saturated heterocycles. The number of aryl methyl sites for hydroxylation is 12. The van der Waals surface area contributed by atoms with Crippen molar-refractivity contribution in [3.63, 3.8) is 0 Å². The van der Waals surface area contributed by atoms with E-state index in [2.05, 4.69) is 216 Å². The third-order valence-corrected chi connectivity index (χ3v) is 23.8. The monoisotopic (exact) mass is 1690 g/mol. The van der Waals surface area contributed by atoms with E-state index in [0.29, 0.717) is 27.5 Å². The fourth-order valence-corrected chi connectivity index (χ4v) is 17.5. The molecule has 0 bridgehead atoms. The average Bonchev–Trinajstić information content (AvgIpc) is 0.744. The normalized spacial score (nSPS) is 12.2. The maximum atomic E-state index is 12.9. The summed E-state index contributed by atoms with van der Waals surface area (Å²) in [5.74, 6) is 0.500. The molecule has 0 saturated carbocycles. The van der Waals surface area contributed by atoms with E-state index in [1.807, 2.05) is 181 Å². The number of rotatable bonds is 13. The van der Waals surface area contributed by atoms with E-state index in [1.165, 1.54) is 22.3 Å². The Morgan fingerprint density at radius 1 is 0.333 bits per heavy atom. The van der Waals surface area contributed by atoms with Crippen LogP contribution in [-0.2, 0) is 0 Å². The molecular weight excluding hydrogens is 1600 g/mol. The van der Waals surface area contributed by atoms with Crippen LogP contribution < -0.4 is 48.5 Å². The highest BCUT2D eigenvalue weighted by Crippen LogP contribution is 2.42. The lowest BCUT2D eigenvalue weighted by molar-refractivity contribution is 0.104. The quantitative estimate of drug-likeness (QED) is 0.0567. The Labute approximate surface area is 744 Å². The summed E-state index contributed by atoms with van der Waals surface area (Å²) in [4.78, 5) is 100. The van der Waals surface area contributed by atoms with Gasteiger partial charge in [0.25, 0.3) is 0 Å². The van der Waals surface area contributed by atoms with Gasteiger partial charge in [0.15, 0.2) is 22.4 Å². The maximum absolute atomic E-state index is 12.9. The molecule has 0 spiro atoms. The summed E-state index contributed by atoms with van der Waals surface area (Å²) in [5, 5.41) is 25.8. The number of nitrogens with one attached hydrogen (secondary N) is 7. The molecule has 2 aliphatic rings. The number of ketones is 2. The summed E-state index contributed by atoms with van der Waals surface area (Å²) in [6.07, 6.45) is 12.7. The van der Waals surface area contributed by atoms with E-state index in [9.17, 15) is 24.0 Å². The second-order valence-electron chi connectivity index (χ2n) is 33.3. The molecule has 0 atom stereocenters. The average molecular weight is 1690 g/mol. The van der Waals surface area contributed by atoms with Crippen molar-refractivity contribution in [3.05, 3.63) is 410 Å². The molecule has 2 aliphatic carbocycles. The van der Waals surface area contributed by atoms with Crippen LogP contribution in [0.3, 0.4) is 0 Å². The van der Waals surface area contributed by atoms with Crippen LogP contribution in [0, 0.1) is 83.1 Å². The van der Waals surface area contributed by atoms with E-state index in [0.717, 1.165) is 194 Å². The van der Waals surface area contributed by atoms with Gasteiger partial charge >= 0.3 is 5.69 Å². The summed E-state index contributed by atoms with van der Waals surface area (Å²) in [6.45, 7) is 24.7. The summed E-state index contributed by atoms with van der Waals surface area (Å²) in [6, 6.07) is 82.0. The van der Waals surface area contributed by atoms with E-state index in [1.54, 1.807) is 24.3 Å². The van der Waals surface area contributed by atoms with Gasteiger partial charge in [-0.3, -0.25) is 29.1 Å². The van der Waals surface area contributed by atoms with Crippen LogP contribution in [0.1, 0.15) is 98.9 Å². The number of hydrogen-bond acceptors (Lipinski definition) is 15. The Balaban J connectivity index is 0.000000117. The Kier molecular flexibility index (Phi) is 22.6. The summed E-state index contributed by atoms with van der Waals surface area (Å²) >= 11 is 0. The number of allylic oxidation sites excluding steroid dienone is 2. The first-order valence-electron chi connectivity index (χ1n) is 42.8. The zero-order valence-electron chi connectivity index (χ0n) is 73.4. The van der Waals surface area contributed by atoms with Gasteiger partial charge in [-0.2, -0.15) is 9.97 Å². The van der Waals surface area contributed by atoms with Crippen LogP contribution in [0.4, 0.5) is 57.4 Å². The zero-order valence-corrected chi connectivity index (χ0v) is 73.4. The number of aromatic amines is 3. The number of carbonyl (C=O) groups is 2. The van der Waals surface area contributed by atoms with Crippen LogP contribution in [0.15, 0.2) is 304 Å². The predicted octanol–water partition coefficient (Wildman–Crippen LogP) is 24.7. The van der Waals surface area contributed by atoms with Crippen molar-refractivity contribution in [2.75, 3.05) is 21.3 Å². The minimum absolute atomic E-state index is 0.0225. The Morgan fingerprint density at radius 3 is 1.54 bits per heavy atom. The van der Waals surface area contributed by atoms with Gasteiger partial charge in [0.2, 0.25) is 11.9 Å². The molecule has 7 N–H and O–H groups in total. The molecule has 5 heterocycles. The lowest BCUT2D eigenvalue weighted by Gasteiger charge is -2.19. The van der Waals surface area contributed by atoms with Crippen molar-refractivity contribution in [1.82, 2.24) is 34.9 Å². The second-order valence-corrected chi connectivity index (χ2v) is 33.3. The number of aromatic nitrogens is 7. The van der Waals surface area contributed by atoms with Gasteiger partial charge in [0, 0.05) is 146 Å². The number of anilines is 8. The number of pyridine rings is 4. The molecule has 19 aromatic rings. The Hall–Kier alpha value is -16.5. The molecule has 21 rings (SSSR count). The van der Waals surface area contributed by atoms with Crippen molar-refractivity contribution in [2.24, 2.45) is 9.98 Å². The Morgan fingerprint density at radius 2 is 0.876 bits per heavy atom. The third-order valence-electron chi connectivity index (χ3n) is 23.8. The van der Waals surface area contributed by atoms with Gasteiger partial charge < -0.3 is 31.2 Å². The van der Waals surface area contributed by atoms with Crippen LogP contribution in [-0.4, -0.2) is 46.5 Å². The minimum atomic E-state index is -0.535. The highest BCUT2D eigenvalue weighted by molar-refractivity contribution is 6.23. The van der Waals surface area contributed by atoms with E-state index in [-0.39, 0.29) is 34.3 Å². The van der Waals surface area contributed by atoms with Crippen molar-refractivity contribution >= 4 is 146 Å². The zero-order chi connectivity index (χ0) is 89.6. The van der Waals surface area contributed by atoms with Crippen LogP contribution >= 0.6 is 0 Å². The van der Waals surface area contributed by atoms with Crippen LogP contribution in [0.5, 0.6) is 0 Å². The van der Waals surface area contributed by atoms with Gasteiger partial charge in [-0.15, -0.1) is 0 Å². The van der Waals surface area contributed by atoms with Crippen molar-refractivity contribution in [3.8, 4) is 33.8 Å². The molecule has 0 aliphatic heterocycles. The second kappa shape index (κ2) is 34.9. The topological polar surface area (TPSA) is 257 Å². The number of H-pyrrole nitrogens is 3. The van der Waals surface area contributed by atoms with Crippen LogP contribution in [0.25, 0.3) is 111 Å². The fourth-order valence-electron chi connectivity index (χ4n) is 17.5. The van der Waals surface area contributed by atoms with Gasteiger partial charge in [0.05, 0.1) is 49.9 Å². The number of nitrogens with zero attached hydrogens (tertiary/aromatic N) is 6. The lowest BCUT2D eigenvalue weighted by atomic mass is 9.88. The largest absolute Gasteiger partial charge is 0.366 e. The van der Waals surface area contributed by atoms with Crippen molar-refractivity contribution in [1.29, 1.82) is 0 Å². The molecule has 0 unspecified atom stereocenters. The third kappa shape index (κ3) is 17.0. The highest BCUT2D eigenvalue weighted by atomic mass is 16.1. The number of benzene rings is 14. The van der Waals surface area contributed by atoms with Crippen molar-refractivity contribution < 1.29 is 9.59 Å². The first-order chi connectivity index (χ1) is 62.4.